The average molecular weight is 883 g/mol. The Labute approximate surface area is 392 Å². The van der Waals surface area contributed by atoms with Gasteiger partial charge in [0.05, 0.1) is 0 Å². The number of thiophene rings is 1. The van der Waals surface area contributed by atoms with Crippen molar-refractivity contribution in [2.75, 3.05) is 9.80 Å². The molecule has 1 aliphatic rings. The first kappa shape index (κ1) is 39.9. The lowest BCUT2D eigenvalue weighted by molar-refractivity contribution is 1.24. The monoisotopic (exact) mass is 882 g/mol. The molecule has 0 amide bonds. The van der Waals surface area contributed by atoms with Crippen LogP contribution in [0, 0.1) is 13.8 Å². The fourth-order valence-electron chi connectivity index (χ4n) is 9.84. The number of hydrogen-bond acceptors (Lipinski definition) is 3. The summed E-state index contributed by atoms with van der Waals surface area (Å²) in [6.07, 6.45) is 0. The summed E-state index contributed by atoms with van der Waals surface area (Å²) in [4.78, 5) is 10.2. The molecule has 1 aromatic heterocycles. The fraction of sp³-hybridized carbons (Fsp3) is 0.0323. The molecule has 0 unspecified atom stereocenters. The summed E-state index contributed by atoms with van der Waals surface area (Å²) >= 11 is 1.86. The zero-order valence-electron chi connectivity index (χ0n) is 36.8. The average Bonchev–Trinajstić information content (AvgIpc) is 3.89. The highest BCUT2D eigenvalue weighted by molar-refractivity contribution is 8.34. The first-order valence-electron chi connectivity index (χ1n) is 22.6. The first-order valence-corrected chi connectivity index (χ1v) is 25.0. The lowest BCUT2D eigenvalue weighted by atomic mass is 10.0. The minimum absolute atomic E-state index is 1.11. The van der Waals surface area contributed by atoms with Crippen LogP contribution in [0.25, 0.3) is 42.4 Å². The van der Waals surface area contributed by atoms with Gasteiger partial charge >= 0.3 is 0 Å². The molecule has 1 aliphatic heterocycles. The molecule has 0 spiro atoms. The molecular formula is C62H46N2S2. The summed E-state index contributed by atoms with van der Waals surface area (Å²) in [6, 6.07) is 90.3. The number of aryl methyl sites for hydroxylation is 2. The van der Waals surface area contributed by atoms with E-state index >= 15 is 0 Å². The molecule has 0 saturated heterocycles. The number of nitrogens with zero attached hydrogens (tertiary/aromatic N) is 2. The Morgan fingerprint density at radius 3 is 1.44 bits per heavy atom. The molecule has 66 heavy (non-hydrogen) atoms. The van der Waals surface area contributed by atoms with Crippen molar-refractivity contribution in [3.05, 3.63) is 254 Å². The SMILES string of the molecule is Cc1ccc(S2(c3ccc(C)cc3)c3ccc(N(c4ccc(-c5ccccc5)cc4)c4ccc5sc6ccccc6c5c4)cc3-c3ccc(N(c4ccccc4)c4ccccc4)cc32)cc1. The molecule has 0 radical (unpaired) electrons. The van der Waals surface area contributed by atoms with E-state index in [0.29, 0.717) is 0 Å². The molecule has 0 fully saturated rings. The smallest absolute Gasteiger partial charge is 0.0472 e. The molecular weight excluding hydrogens is 837 g/mol. The van der Waals surface area contributed by atoms with E-state index in [4.69, 9.17) is 0 Å². The molecule has 10 aromatic carbocycles. The van der Waals surface area contributed by atoms with Gasteiger partial charge in [0.1, 0.15) is 0 Å². The topological polar surface area (TPSA) is 6.48 Å². The summed E-state index contributed by atoms with van der Waals surface area (Å²) in [5, 5.41) is 2.57. The van der Waals surface area contributed by atoms with Crippen LogP contribution in [-0.2, 0) is 0 Å². The Hall–Kier alpha value is -7.63. The molecule has 11 aromatic rings. The highest BCUT2D eigenvalue weighted by Crippen LogP contribution is 2.80. The first-order chi connectivity index (χ1) is 32.5. The van der Waals surface area contributed by atoms with E-state index in [1.807, 2.05) is 11.3 Å². The second kappa shape index (κ2) is 16.4. The molecule has 0 N–H and O–H groups in total. The van der Waals surface area contributed by atoms with Crippen molar-refractivity contribution in [2.24, 2.45) is 0 Å². The Balaban J connectivity index is 1.11. The Kier molecular flexibility index (Phi) is 9.93. The quantitative estimate of drug-likeness (QED) is 0.143. The van der Waals surface area contributed by atoms with Crippen molar-refractivity contribution >= 4 is 75.7 Å². The van der Waals surface area contributed by atoms with Crippen LogP contribution in [0.1, 0.15) is 11.1 Å². The van der Waals surface area contributed by atoms with Crippen molar-refractivity contribution in [3.63, 3.8) is 0 Å². The van der Waals surface area contributed by atoms with Gasteiger partial charge in [-0.25, -0.2) is 0 Å². The van der Waals surface area contributed by atoms with Crippen LogP contribution in [0.2, 0.25) is 0 Å². The van der Waals surface area contributed by atoms with Crippen LogP contribution in [-0.4, -0.2) is 0 Å². The van der Waals surface area contributed by atoms with Gasteiger partial charge < -0.3 is 9.80 Å². The van der Waals surface area contributed by atoms with Crippen molar-refractivity contribution in [3.8, 4) is 22.3 Å². The van der Waals surface area contributed by atoms with Crippen LogP contribution < -0.4 is 9.80 Å². The zero-order chi connectivity index (χ0) is 44.2. The number of benzene rings is 10. The lowest BCUT2D eigenvalue weighted by Gasteiger charge is -2.40. The van der Waals surface area contributed by atoms with Gasteiger partial charge in [-0.05, 0) is 151 Å². The van der Waals surface area contributed by atoms with E-state index in [9.17, 15) is 0 Å². The van der Waals surface area contributed by atoms with Crippen molar-refractivity contribution in [1.82, 2.24) is 0 Å². The van der Waals surface area contributed by atoms with Gasteiger partial charge in [-0.2, -0.15) is 0 Å². The minimum atomic E-state index is -1.99. The van der Waals surface area contributed by atoms with E-state index in [2.05, 4.69) is 266 Å². The number of hydrogen-bond donors (Lipinski definition) is 0. The second-order valence-electron chi connectivity index (χ2n) is 17.1. The third-order valence-corrected chi connectivity index (χ3v) is 18.1. The molecule has 0 atom stereocenters. The van der Waals surface area contributed by atoms with E-state index in [1.54, 1.807) is 0 Å². The van der Waals surface area contributed by atoms with E-state index < -0.39 is 10.0 Å². The third-order valence-electron chi connectivity index (χ3n) is 13.0. The zero-order valence-corrected chi connectivity index (χ0v) is 38.4. The molecule has 4 heteroatoms. The number of fused-ring (bicyclic) bond motifs is 6. The van der Waals surface area contributed by atoms with Gasteiger partial charge in [-0.1, -0.05) is 139 Å². The maximum atomic E-state index is 2.50. The molecule has 0 aliphatic carbocycles. The predicted molar refractivity (Wildman–Crippen MR) is 283 cm³/mol. The van der Waals surface area contributed by atoms with E-state index in [0.717, 1.165) is 34.1 Å². The van der Waals surface area contributed by atoms with Crippen LogP contribution in [0.4, 0.5) is 34.1 Å². The van der Waals surface area contributed by atoms with Gasteiger partial charge in [0.25, 0.3) is 0 Å². The fourth-order valence-corrected chi connectivity index (χ4v) is 15.1. The third kappa shape index (κ3) is 6.72. The van der Waals surface area contributed by atoms with Crippen LogP contribution >= 0.6 is 21.4 Å². The number of anilines is 6. The van der Waals surface area contributed by atoms with Gasteiger partial charge in [0.2, 0.25) is 0 Å². The van der Waals surface area contributed by atoms with Gasteiger partial charge in [0, 0.05) is 73.9 Å². The molecule has 2 heterocycles. The summed E-state index contributed by atoms with van der Waals surface area (Å²) in [6.45, 7) is 4.38. The molecule has 2 nitrogen and oxygen atoms in total. The van der Waals surface area contributed by atoms with Crippen molar-refractivity contribution in [2.45, 2.75) is 33.4 Å². The molecule has 0 saturated carbocycles. The number of rotatable bonds is 9. The minimum Gasteiger partial charge on any atom is -0.310 e. The van der Waals surface area contributed by atoms with Crippen LogP contribution in [0.15, 0.2) is 262 Å². The Bertz CT molecular complexity index is 3440. The van der Waals surface area contributed by atoms with Crippen LogP contribution in [0.3, 0.4) is 0 Å². The van der Waals surface area contributed by atoms with Gasteiger partial charge in [-0.3, -0.25) is 0 Å². The maximum Gasteiger partial charge on any atom is 0.0472 e. The summed E-state index contributed by atoms with van der Waals surface area (Å²) in [5.41, 5.74) is 14.2. The summed E-state index contributed by atoms with van der Waals surface area (Å²) in [7, 11) is -1.99. The summed E-state index contributed by atoms with van der Waals surface area (Å²) < 4.78 is 2.60. The van der Waals surface area contributed by atoms with Gasteiger partial charge in [-0.15, -0.1) is 21.4 Å². The molecule has 0 bridgehead atoms. The highest BCUT2D eigenvalue weighted by Gasteiger charge is 2.43. The number of para-hydroxylation sites is 2. The van der Waals surface area contributed by atoms with Crippen molar-refractivity contribution < 1.29 is 0 Å². The molecule has 316 valence electrons. The maximum absolute atomic E-state index is 2.50. The van der Waals surface area contributed by atoms with E-state index in [1.165, 1.54) is 73.1 Å². The molecule has 12 rings (SSSR count). The van der Waals surface area contributed by atoms with Gasteiger partial charge in [0.15, 0.2) is 0 Å². The Morgan fingerprint density at radius 2 is 0.788 bits per heavy atom. The normalized spacial score (nSPS) is 13.0. The van der Waals surface area contributed by atoms with Crippen molar-refractivity contribution in [1.29, 1.82) is 0 Å². The standard InChI is InChI=1S/C62H46N2S2/c1-43-22-33-53(34-23-43)66(54-35-24-44(2)25-36-54)61-39-32-51(41-58(61)56-37-30-52(42-62(56)66)63(47-16-8-4-9-17-47)48-18-10-5-11-19-48)64(49-28-26-46(27-29-49)45-14-6-3-7-15-45)50-31-38-60-57(40-50)55-20-12-13-21-59(55)65-60/h3-42H,1-2H3. The van der Waals surface area contributed by atoms with E-state index in [-0.39, 0.29) is 0 Å². The van der Waals surface area contributed by atoms with Crippen LogP contribution in [0.5, 0.6) is 0 Å². The lowest BCUT2D eigenvalue weighted by Crippen LogP contribution is -2.10. The summed E-state index contributed by atoms with van der Waals surface area (Å²) in [5.74, 6) is 0. The largest absolute Gasteiger partial charge is 0.310 e. The predicted octanol–water partition coefficient (Wildman–Crippen LogP) is 18.6. The Morgan fingerprint density at radius 1 is 0.318 bits per heavy atom. The second-order valence-corrected chi connectivity index (χ2v) is 21.3. The highest BCUT2D eigenvalue weighted by atomic mass is 32.3.